The quantitative estimate of drug-likeness (QED) is 0.0651. The number of phenols is 1. The highest BCUT2D eigenvalue weighted by Gasteiger charge is 2.01. The Morgan fingerprint density at radius 2 is 1.41 bits per heavy atom. The highest BCUT2D eigenvalue weighted by Crippen LogP contribution is 2.14. The number of phenolic OH excluding ortho intramolecular Hbond substituents is 1. The second kappa shape index (κ2) is 19.7. The Kier molecular flexibility index (Phi) is 16.5. The summed E-state index contributed by atoms with van der Waals surface area (Å²) in [6.45, 7) is 0.605. The summed E-state index contributed by atoms with van der Waals surface area (Å²) in [5.41, 5.74) is 8.89. The van der Waals surface area contributed by atoms with Crippen molar-refractivity contribution < 1.29 is 9.90 Å². The lowest BCUT2D eigenvalue weighted by Gasteiger charge is -2.04. The van der Waals surface area contributed by atoms with Crippen LogP contribution in [-0.4, -0.2) is 17.6 Å². The molecule has 6 heteroatoms. The molecule has 0 aliphatic rings. The molecule has 172 valence electrons. The third-order valence-electron chi connectivity index (χ3n) is 4.60. The predicted molar refractivity (Wildman–Crippen MR) is 133 cm³/mol. The molecule has 0 atom stereocenters. The van der Waals surface area contributed by atoms with E-state index in [-0.39, 0.29) is 11.7 Å². The molecule has 0 saturated carbocycles. The Bertz CT molecular complexity index is 789. The smallest absolute Gasteiger partial charge is 0.224 e. The van der Waals surface area contributed by atoms with E-state index < -0.39 is 0 Å². The fourth-order valence-corrected chi connectivity index (χ4v) is 2.86. The molecule has 1 aromatic carbocycles. The SMILES string of the molecule is [N-]=[N+]=NCCCCCC=CCC=CCC=CCC=CCCCC(=O)Nc1ccc(O)cc1. The Labute approximate surface area is 192 Å². The Morgan fingerprint density at radius 1 is 0.844 bits per heavy atom. The summed E-state index contributed by atoms with van der Waals surface area (Å²) in [4.78, 5) is 14.6. The van der Waals surface area contributed by atoms with Gasteiger partial charge in [-0.15, -0.1) is 0 Å². The third-order valence-corrected chi connectivity index (χ3v) is 4.60. The third kappa shape index (κ3) is 16.5. The minimum atomic E-state index is -0.00663. The highest BCUT2D eigenvalue weighted by molar-refractivity contribution is 5.90. The molecule has 2 N–H and O–H groups in total. The summed E-state index contributed by atoms with van der Waals surface area (Å²) < 4.78 is 0. The van der Waals surface area contributed by atoms with Gasteiger partial charge in [0, 0.05) is 23.6 Å². The second-order valence-corrected chi connectivity index (χ2v) is 7.38. The molecular formula is C26H36N4O2. The molecule has 0 heterocycles. The molecule has 0 aliphatic carbocycles. The minimum Gasteiger partial charge on any atom is -0.508 e. The molecule has 0 aromatic heterocycles. The van der Waals surface area contributed by atoms with Crippen molar-refractivity contribution in [2.45, 2.75) is 64.2 Å². The van der Waals surface area contributed by atoms with Crippen molar-refractivity contribution in [1.29, 1.82) is 0 Å². The van der Waals surface area contributed by atoms with E-state index in [1.54, 1.807) is 24.3 Å². The number of nitrogens with one attached hydrogen (secondary N) is 1. The Morgan fingerprint density at radius 3 is 2.00 bits per heavy atom. The van der Waals surface area contributed by atoms with Crippen LogP contribution in [0.4, 0.5) is 5.69 Å². The summed E-state index contributed by atoms with van der Waals surface area (Å²) in [6, 6.07) is 6.48. The summed E-state index contributed by atoms with van der Waals surface area (Å²) in [5.74, 6) is 0.183. The normalized spacial score (nSPS) is 11.6. The number of carbonyl (C=O) groups excluding carboxylic acids is 1. The number of unbranched alkanes of at least 4 members (excludes halogenated alkanes) is 4. The summed E-state index contributed by atoms with van der Waals surface area (Å²) in [7, 11) is 0. The van der Waals surface area contributed by atoms with Crippen molar-refractivity contribution in [3.8, 4) is 5.75 Å². The van der Waals surface area contributed by atoms with Gasteiger partial charge in [-0.25, -0.2) is 0 Å². The zero-order valence-electron chi connectivity index (χ0n) is 18.9. The first kappa shape index (κ1) is 26.8. The molecule has 0 bridgehead atoms. The predicted octanol–water partition coefficient (Wildman–Crippen LogP) is 7.77. The maximum Gasteiger partial charge on any atom is 0.224 e. The number of amides is 1. The van der Waals surface area contributed by atoms with Gasteiger partial charge in [0.25, 0.3) is 0 Å². The number of benzene rings is 1. The molecule has 0 spiro atoms. The number of aromatic hydroxyl groups is 1. The number of rotatable bonds is 17. The summed E-state index contributed by atoms with van der Waals surface area (Å²) in [6.07, 6.45) is 26.7. The summed E-state index contributed by atoms with van der Waals surface area (Å²) >= 11 is 0. The fraction of sp³-hybridized carbons (Fsp3) is 0.423. The van der Waals surface area contributed by atoms with Crippen molar-refractivity contribution in [1.82, 2.24) is 0 Å². The van der Waals surface area contributed by atoms with E-state index in [1.807, 2.05) is 0 Å². The number of hydrogen-bond acceptors (Lipinski definition) is 3. The van der Waals surface area contributed by atoms with Crippen molar-refractivity contribution in [3.63, 3.8) is 0 Å². The van der Waals surface area contributed by atoms with Crippen LogP contribution < -0.4 is 5.32 Å². The molecule has 0 unspecified atom stereocenters. The van der Waals surface area contributed by atoms with Gasteiger partial charge in [0.2, 0.25) is 5.91 Å². The van der Waals surface area contributed by atoms with Crippen molar-refractivity contribution in [2.24, 2.45) is 5.11 Å². The van der Waals surface area contributed by atoms with Gasteiger partial charge >= 0.3 is 0 Å². The molecule has 1 rings (SSSR count). The lowest BCUT2D eigenvalue weighted by atomic mass is 10.2. The lowest BCUT2D eigenvalue weighted by Crippen LogP contribution is -2.10. The van der Waals surface area contributed by atoms with Crippen LogP contribution >= 0.6 is 0 Å². The first-order valence-electron chi connectivity index (χ1n) is 11.4. The first-order chi connectivity index (χ1) is 15.7. The molecule has 1 aromatic rings. The first-order valence-corrected chi connectivity index (χ1v) is 11.4. The van der Waals surface area contributed by atoms with Crippen molar-refractivity contribution in [2.75, 3.05) is 11.9 Å². The Balaban J connectivity index is 1.95. The molecule has 0 saturated heterocycles. The molecular weight excluding hydrogens is 400 g/mol. The van der Waals surface area contributed by atoms with E-state index in [2.05, 4.69) is 64.0 Å². The summed E-state index contributed by atoms with van der Waals surface area (Å²) in [5, 5.41) is 15.6. The molecule has 0 fully saturated rings. The van der Waals surface area contributed by atoms with Gasteiger partial charge in [0.15, 0.2) is 0 Å². The van der Waals surface area contributed by atoms with Gasteiger partial charge in [0.1, 0.15) is 5.75 Å². The van der Waals surface area contributed by atoms with Crippen LogP contribution in [0.15, 0.2) is 78.0 Å². The largest absolute Gasteiger partial charge is 0.508 e. The number of anilines is 1. The number of carbonyl (C=O) groups is 1. The topological polar surface area (TPSA) is 98.1 Å². The monoisotopic (exact) mass is 436 g/mol. The second-order valence-electron chi connectivity index (χ2n) is 7.38. The van der Waals surface area contributed by atoms with E-state index in [1.165, 1.54) is 0 Å². The number of azide groups is 1. The number of hydrogen-bond donors (Lipinski definition) is 2. The van der Waals surface area contributed by atoms with Gasteiger partial charge in [0.05, 0.1) is 0 Å². The van der Waals surface area contributed by atoms with E-state index >= 15 is 0 Å². The highest BCUT2D eigenvalue weighted by atomic mass is 16.3. The zero-order valence-corrected chi connectivity index (χ0v) is 18.9. The fourth-order valence-electron chi connectivity index (χ4n) is 2.86. The number of nitrogens with zero attached hydrogens (tertiary/aromatic N) is 3. The van der Waals surface area contributed by atoms with Crippen molar-refractivity contribution >= 4 is 11.6 Å². The van der Waals surface area contributed by atoms with Crippen LogP contribution in [0.5, 0.6) is 5.75 Å². The molecule has 6 nitrogen and oxygen atoms in total. The minimum absolute atomic E-state index is 0.00663. The van der Waals surface area contributed by atoms with Crippen molar-refractivity contribution in [3.05, 3.63) is 83.3 Å². The lowest BCUT2D eigenvalue weighted by molar-refractivity contribution is -0.116. The van der Waals surface area contributed by atoms with Crippen LogP contribution in [0.25, 0.3) is 10.4 Å². The van der Waals surface area contributed by atoms with Crippen LogP contribution in [0.3, 0.4) is 0 Å². The van der Waals surface area contributed by atoms with Crippen LogP contribution in [0, 0.1) is 0 Å². The molecule has 32 heavy (non-hydrogen) atoms. The Hall–Kier alpha value is -3.24. The molecule has 0 radical (unpaired) electrons. The molecule has 0 aliphatic heterocycles. The van der Waals surface area contributed by atoms with E-state index in [0.717, 1.165) is 57.8 Å². The van der Waals surface area contributed by atoms with Crippen LogP contribution in [-0.2, 0) is 4.79 Å². The van der Waals surface area contributed by atoms with Crippen LogP contribution in [0.2, 0.25) is 0 Å². The number of allylic oxidation sites excluding steroid dienone is 8. The van der Waals surface area contributed by atoms with Gasteiger partial charge in [-0.3, -0.25) is 4.79 Å². The van der Waals surface area contributed by atoms with E-state index in [0.29, 0.717) is 18.7 Å². The van der Waals surface area contributed by atoms with Gasteiger partial charge in [-0.05, 0) is 81.2 Å². The van der Waals surface area contributed by atoms with Crippen LogP contribution in [0.1, 0.15) is 64.2 Å². The standard InChI is InChI=1S/C26H36N4O2/c27-30-28-23-17-15-13-11-9-7-5-3-1-2-4-6-8-10-12-14-16-18-26(32)29-24-19-21-25(31)22-20-24/h1,3-4,6-7,9-10,12,19-22,31H,2,5,8,11,13-18,23H2,(H,29,32). The van der Waals surface area contributed by atoms with Gasteiger partial charge in [-0.1, -0.05) is 60.1 Å². The zero-order chi connectivity index (χ0) is 23.1. The maximum atomic E-state index is 11.9. The average Bonchev–Trinajstić information content (AvgIpc) is 2.79. The van der Waals surface area contributed by atoms with E-state index in [4.69, 9.17) is 5.53 Å². The van der Waals surface area contributed by atoms with Gasteiger partial charge in [-0.2, -0.15) is 0 Å². The molecule has 1 amide bonds. The average molecular weight is 437 g/mol. The van der Waals surface area contributed by atoms with E-state index in [9.17, 15) is 9.90 Å². The maximum absolute atomic E-state index is 11.9. The van der Waals surface area contributed by atoms with Gasteiger partial charge < -0.3 is 10.4 Å².